The van der Waals surface area contributed by atoms with E-state index in [1.54, 1.807) is 49.6 Å². The maximum atomic E-state index is 12.6. The second-order valence-electron chi connectivity index (χ2n) is 5.57. The van der Waals surface area contributed by atoms with E-state index in [1.165, 1.54) is 0 Å². The molecule has 0 aliphatic carbocycles. The summed E-state index contributed by atoms with van der Waals surface area (Å²) in [5, 5.41) is 2.58. The number of hydrogen-bond acceptors (Lipinski definition) is 3. The summed E-state index contributed by atoms with van der Waals surface area (Å²) in [6, 6.07) is 12.6. The predicted octanol–water partition coefficient (Wildman–Crippen LogP) is 2.19. The molecule has 0 saturated heterocycles. The van der Waals surface area contributed by atoms with Gasteiger partial charge in [-0.05, 0) is 35.9 Å². The molecule has 6 heteroatoms. The van der Waals surface area contributed by atoms with Crippen molar-refractivity contribution in [3.8, 4) is 0 Å². The SMILES string of the molecule is CNC(=O)c1ccc(CN(C)C(=O)c2ccc3nc[nH]c3c2)cc1. The van der Waals surface area contributed by atoms with Crippen LogP contribution in [0.25, 0.3) is 11.0 Å². The minimum atomic E-state index is -0.126. The zero-order valence-electron chi connectivity index (χ0n) is 13.5. The van der Waals surface area contributed by atoms with Crippen LogP contribution in [0.5, 0.6) is 0 Å². The number of aromatic amines is 1. The van der Waals surface area contributed by atoms with Gasteiger partial charge in [-0.3, -0.25) is 9.59 Å². The molecule has 3 aromatic rings. The van der Waals surface area contributed by atoms with Gasteiger partial charge in [0.2, 0.25) is 0 Å². The second-order valence-corrected chi connectivity index (χ2v) is 5.57. The first-order valence-electron chi connectivity index (χ1n) is 7.58. The second kappa shape index (κ2) is 6.54. The number of imidazole rings is 1. The summed E-state index contributed by atoms with van der Waals surface area (Å²) in [6.45, 7) is 0.466. The Kier molecular flexibility index (Phi) is 4.29. The van der Waals surface area contributed by atoms with Crippen molar-refractivity contribution in [1.29, 1.82) is 0 Å². The zero-order valence-corrected chi connectivity index (χ0v) is 13.5. The number of fused-ring (bicyclic) bond motifs is 1. The third-order valence-corrected chi connectivity index (χ3v) is 3.88. The van der Waals surface area contributed by atoms with Crippen LogP contribution >= 0.6 is 0 Å². The first-order chi connectivity index (χ1) is 11.6. The number of carbonyl (C=O) groups is 2. The van der Waals surface area contributed by atoms with Gasteiger partial charge in [0.15, 0.2) is 0 Å². The minimum Gasteiger partial charge on any atom is -0.355 e. The largest absolute Gasteiger partial charge is 0.355 e. The lowest BCUT2D eigenvalue weighted by Gasteiger charge is -2.17. The monoisotopic (exact) mass is 322 g/mol. The van der Waals surface area contributed by atoms with Gasteiger partial charge in [0.25, 0.3) is 11.8 Å². The van der Waals surface area contributed by atoms with Crippen LogP contribution in [-0.4, -0.2) is 40.8 Å². The predicted molar refractivity (Wildman–Crippen MR) is 91.7 cm³/mol. The first-order valence-corrected chi connectivity index (χ1v) is 7.58. The third-order valence-electron chi connectivity index (χ3n) is 3.88. The number of amides is 2. The van der Waals surface area contributed by atoms with E-state index in [-0.39, 0.29) is 11.8 Å². The topological polar surface area (TPSA) is 78.1 Å². The van der Waals surface area contributed by atoms with Crippen LogP contribution < -0.4 is 5.32 Å². The summed E-state index contributed by atoms with van der Waals surface area (Å²) in [4.78, 5) is 32.9. The highest BCUT2D eigenvalue weighted by Gasteiger charge is 2.13. The fraction of sp³-hybridized carbons (Fsp3) is 0.167. The number of H-pyrrole nitrogens is 1. The van der Waals surface area contributed by atoms with E-state index in [0.717, 1.165) is 16.6 Å². The molecule has 24 heavy (non-hydrogen) atoms. The van der Waals surface area contributed by atoms with Crippen LogP contribution in [-0.2, 0) is 6.54 Å². The Hall–Kier alpha value is -3.15. The van der Waals surface area contributed by atoms with Gasteiger partial charge in [-0.25, -0.2) is 4.98 Å². The van der Waals surface area contributed by atoms with E-state index in [1.807, 2.05) is 18.2 Å². The zero-order chi connectivity index (χ0) is 17.1. The van der Waals surface area contributed by atoms with Crippen LogP contribution in [0, 0.1) is 0 Å². The van der Waals surface area contributed by atoms with Gasteiger partial charge in [0, 0.05) is 31.8 Å². The molecule has 0 aliphatic rings. The average molecular weight is 322 g/mol. The highest BCUT2D eigenvalue weighted by molar-refractivity contribution is 5.97. The molecule has 0 atom stereocenters. The number of nitrogens with zero attached hydrogens (tertiary/aromatic N) is 2. The van der Waals surface area contributed by atoms with Crippen molar-refractivity contribution in [2.75, 3.05) is 14.1 Å². The number of carbonyl (C=O) groups excluding carboxylic acids is 2. The fourth-order valence-corrected chi connectivity index (χ4v) is 2.54. The van der Waals surface area contributed by atoms with E-state index < -0.39 is 0 Å². The maximum absolute atomic E-state index is 12.6. The van der Waals surface area contributed by atoms with Gasteiger partial charge >= 0.3 is 0 Å². The van der Waals surface area contributed by atoms with Crippen molar-refractivity contribution < 1.29 is 9.59 Å². The van der Waals surface area contributed by atoms with Gasteiger partial charge in [-0.2, -0.15) is 0 Å². The Bertz CT molecular complexity index is 883. The summed E-state index contributed by atoms with van der Waals surface area (Å²) in [5.41, 5.74) is 3.83. The fourth-order valence-electron chi connectivity index (χ4n) is 2.54. The average Bonchev–Trinajstić information content (AvgIpc) is 3.08. The summed E-state index contributed by atoms with van der Waals surface area (Å²) >= 11 is 0. The molecule has 0 radical (unpaired) electrons. The lowest BCUT2D eigenvalue weighted by molar-refractivity contribution is 0.0784. The maximum Gasteiger partial charge on any atom is 0.253 e. The van der Waals surface area contributed by atoms with Gasteiger partial charge in [-0.15, -0.1) is 0 Å². The standard InChI is InChI=1S/C18H18N4O2/c1-19-17(23)13-5-3-12(4-6-13)10-22(2)18(24)14-7-8-15-16(9-14)21-11-20-15/h3-9,11H,10H2,1-2H3,(H,19,23)(H,20,21). The van der Waals surface area contributed by atoms with Gasteiger partial charge < -0.3 is 15.2 Å². The van der Waals surface area contributed by atoms with E-state index in [4.69, 9.17) is 0 Å². The van der Waals surface area contributed by atoms with E-state index in [9.17, 15) is 9.59 Å². The van der Waals surface area contributed by atoms with Gasteiger partial charge in [-0.1, -0.05) is 12.1 Å². The summed E-state index contributed by atoms with van der Waals surface area (Å²) in [6.07, 6.45) is 1.61. The van der Waals surface area contributed by atoms with Crippen LogP contribution in [0.3, 0.4) is 0 Å². The normalized spacial score (nSPS) is 10.6. The molecule has 6 nitrogen and oxygen atoms in total. The Labute approximate surface area is 139 Å². The lowest BCUT2D eigenvalue weighted by atomic mass is 10.1. The van der Waals surface area contributed by atoms with Crippen LogP contribution in [0.15, 0.2) is 48.8 Å². The number of nitrogens with one attached hydrogen (secondary N) is 2. The van der Waals surface area contributed by atoms with Crippen molar-refractivity contribution >= 4 is 22.8 Å². The van der Waals surface area contributed by atoms with E-state index >= 15 is 0 Å². The summed E-state index contributed by atoms with van der Waals surface area (Å²) in [5.74, 6) is -0.194. The molecular formula is C18H18N4O2. The third kappa shape index (κ3) is 3.12. The minimum absolute atomic E-state index is 0.0677. The molecule has 0 saturated carbocycles. The van der Waals surface area contributed by atoms with Crippen molar-refractivity contribution in [2.45, 2.75) is 6.54 Å². The van der Waals surface area contributed by atoms with Crippen molar-refractivity contribution in [3.05, 3.63) is 65.5 Å². The Morgan fingerprint density at radius 1 is 1.12 bits per heavy atom. The molecule has 3 rings (SSSR count). The van der Waals surface area contributed by atoms with Crippen molar-refractivity contribution in [3.63, 3.8) is 0 Å². The van der Waals surface area contributed by atoms with Gasteiger partial charge in [0.1, 0.15) is 0 Å². The Morgan fingerprint density at radius 2 is 1.83 bits per heavy atom. The Morgan fingerprint density at radius 3 is 2.54 bits per heavy atom. The molecule has 0 spiro atoms. The molecule has 0 aliphatic heterocycles. The number of benzene rings is 2. The number of rotatable bonds is 4. The Balaban J connectivity index is 1.72. The first kappa shape index (κ1) is 15.7. The highest BCUT2D eigenvalue weighted by atomic mass is 16.2. The smallest absolute Gasteiger partial charge is 0.253 e. The van der Waals surface area contributed by atoms with Gasteiger partial charge in [0.05, 0.1) is 17.4 Å². The molecule has 1 heterocycles. The van der Waals surface area contributed by atoms with E-state index in [0.29, 0.717) is 17.7 Å². The number of hydrogen-bond donors (Lipinski definition) is 2. The van der Waals surface area contributed by atoms with Crippen molar-refractivity contribution in [2.24, 2.45) is 0 Å². The molecule has 2 N–H and O–H groups in total. The molecule has 122 valence electrons. The molecule has 2 amide bonds. The summed E-state index contributed by atoms with van der Waals surface area (Å²) < 4.78 is 0. The van der Waals surface area contributed by atoms with Crippen molar-refractivity contribution in [1.82, 2.24) is 20.2 Å². The van der Waals surface area contributed by atoms with Crippen LogP contribution in [0.4, 0.5) is 0 Å². The lowest BCUT2D eigenvalue weighted by Crippen LogP contribution is -2.26. The molecule has 2 aromatic carbocycles. The molecule has 0 unspecified atom stereocenters. The molecule has 0 bridgehead atoms. The molecule has 0 fully saturated rings. The van der Waals surface area contributed by atoms with E-state index in [2.05, 4.69) is 15.3 Å². The van der Waals surface area contributed by atoms with Crippen LogP contribution in [0.1, 0.15) is 26.3 Å². The summed E-state index contributed by atoms with van der Waals surface area (Å²) in [7, 11) is 3.35. The van der Waals surface area contributed by atoms with Crippen LogP contribution in [0.2, 0.25) is 0 Å². The number of aromatic nitrogens is 2. The molecular weight excluding hydrogens is 304 g/mol. The highest BCUT2D eigenvalue weighted by Crippen LogP contribution is 2.14. The quantitative estimate of drug-likeness (QED) is 0.773. The molecule has 1 aromatic heterocycles.